The first kappa shape index (κ1) is 13.8. The molecule has 0 saturated carbocycles. The first-order valence-electron chi connectivity index (χ1n) is 5.38. The van der Waals surface area contributed by atoms with E-state index in [0.29, 0.717) is 12.3 Å². The summed E-state index contributed by atoms with van der Waals surface area (Å²) in [6.07, 6.45) is 0. The molecule has 5 heteroatoms. The summed E-state index contributed by atoms with van der Waals surface area (Å²) in [4.78, 5) is 0. The third-order valence-corrected chi connectivity index (χ3v) is 2.42. The third-order valence-electron chi connectivity index (χ3n) is 2.42. The van der Waals surface area contributed by atoms with E-state index in [1.807, 2.05) is 6.07 Å². The van der Waals surface area contributed by atoms with Gasteiger partial charge in [0.05, 0.1) is 19.3 Å². The number of rotatable bonds is 6. The number of aliphatic hydroxyl groups is 2. The summed E-state index contributed by atoms with van der Waals surface area (Å²) >= 11 is 0. The highest BCUT2D eigenvalue weighted by molar-refractivity contribution is 5.41. The minimum atomic E-state index is -1.13. The van der Waals surface area contributed by atoms with Crippen molar-refractivity contribution in [3.05, 3.63) is 23.8 Å². The summed E-state index contributed by atoms with van der Waals surface area (Å²) in [6.45, 7) is 2.02. The number of aliphatic hydroxyl groups excluding tert-OH is 1. The predicted molar refractivity (Wildman–Crippen MR) is 64.1 cm³/mol. The molecule has 4 N–H and O–H groups in total. The Morgan fingerprint density at radius 1 is 1.41 bits per heavy atom. The smallest absolute Gasteiger partial charge is 0.160 e. The van der Waals surface area contributed by atoms with Gasteiger partial charge in [-0.15, -0.1) is 0 Å². The van der Waals surface area contributed by atoms with Crippen LogP contribution < -0.4 is 10.1 Å². The van der Waals surface area contributed by atoms with Gasteiger partial charge in [-0.3, -0.25) is 0 Å². The van der Waals surface area contributed by atoms with E-state index in [1.165, 1.54) is 7.11 Å². The molecule has 1 unspecified atom stereocenters. The average molecular weight is 241 g/mol. The minimum absolute atomic E-state index is 0.0840. The van der Waals surface area contributed by atoms with Crippen molar-refractivity contribution < 1.29 is 20.1 Å². The fourth-order valence-electron chi connectivity index (χ4n) is 1.38. The lowest BCUT2D eigenvalue weighted by Gasteiger charge is -2.20. The maximum absolute atomic E-state index is 9.56. The van der Waals surface area contributed by atoms with Crippen LogP contribution in [0.2, 0.25) is 0 Å². The Hall–Kier alpha value is -1.30. The molecule has 17 heavy (non-hydrogen) atoms. The molecule has 0 aliphatic heterocycles. The molecule has 0 aliphatic carbocycles. The van der Waals surface area contributed by atoms with Crippen molar-refractivity contribution in [3.8, 4) is 11.5 Å². The SMILES string of the molecule is COc1ccc(CNCC(C)(O)CO)cc1O. The molecule has 1 aromatic carbocycles. The summed E-state index contributed by atoms with van der Waals surface area (Å²) < 4.78 is 4.93. The molecular formula is C12H19NO4. The summed E-state index contributed by atoms with van der Waals surface area (Å²) in [7, 11) is 1.49. The van der Waals surface area contributed by atoms with Crippen molar-refractivity contribution in [1.82, 2.24) is 5.32 Å². The van der Waals surface area contributed by atoms with E-state index >= 15 is 0 Å². The Morgan fingerprint density at radius 3 is 2.65 bits per heavy atom. The number of ether oxygens (including phenoxy) is 1. The number of phenols is 1. The molecule has 1 atom stereocenters. The number of aromatic hydroxyl groups is 1. The van der Waals surface area contributed by atoms with Crippen molar-refractivity contribution in [2.75, 3.05) is 20.3 Å². The van der Waals surface area contributed by atoms with Gasteiger partial charge in [0, 0.05) is 13.1 Å². The lowest BCUT2D eigenvalue weighted by Crippen LogP contribution is -2.40. The second kappa shape index (κ2) is 5.86. The number of benzene rings is 1. The van der Waals surface area contributed by atoms with E-state index in [9.17, 15) is 10.2 Å². The lowest BCUT2D eigenvalue weighted by atomic mass is 10.1. The maximum Gasteiger partial charge on any atom is 0.160 e. The van der Waals surface area contributed by atoms with Crippen LogP contribution in [0.1, 0.15) is 12.5 Å². The zero-order valence-corrected chi connectivity index (χ0v) is 10.1. The molecule has 96 valence electrons. The molecule has 5 nitrogen and oxygen atoms in total. The fraction of sp³-hybridized carbons (Fsp3) is 0.500. The number of nitrogens with one attached hydrogen (secondary N) is 1. The van der Waals surface area contributed by atoms with Crippen molar-refractivity contribution in [1.29, 1.82) is 0 Å². The Bertz CT molecular complexity index is 366. The van der Waals surface area contributed by atoms with Crippen LogP contribution in [0, 0.1) is 0 Å². The second-order valence-electron chi connectivity index (χ2n) is 4.26. The summed E-state index contributed by atoms with van der Waals surface area (Å²) in [5.74, 6) is 0.511. The van der Waals surface area contributed by atoms with Gasteiger partial charge in [0.15, 0.2) is 11.5 Å². The number of hydrogen-bond donors (Lipinski definition) is 4. The van der Waals surface area contributed by atoms with Gasteiger partial charge in [-0.2, -0.15) is 0 Å². The molecule has 0 aliphatic rings. The third kappa shape index (κ3) is 4.22. The first-order valence-corrected chi connectivity index (χ1v) is 5.38. The minimum Gasteiger partial charge on any atom is -0.504 e. The molecular weight excluding hydrogens is 222 g/mol. The molecule has 0 radical (unpaired) electrons. The Balaban J connectivity index is 2.50. The van der Waals surface area contributed by atoms with Crippen molar-refractivity contribution in [2.45, 2.75) is 19.1 Å². The average Bonchev–Trinajstić information content (AvgIpc) is 2.29. The Kier molecular flexibility index (Phi) is 4.74. The van der Waals surface area contributed by atoms with Crippen LogP contribution in [0.15, 0.2) is 18.2 Å². The first-order chi connectivity index (χ1) is 7.98. The van der Waals surface area contributed by atoms with Crippen molar-refractivity contribution >= 4 is 0 Å². The lowest BCUT2D eigenvalue weighted by molar-refractivity contribution is 0.00254. The van der Waals surface area contributed by atoms with Crippen LogP contribution in [0.25, 0.3) is 0 Å². The Morgan fingerprint density at radius 2 is 2.12 bits per heavy atom. The van der Waals surface area contributed by atoms with E-state index in [0.717, 1.165) is 5.56 Å². The topological polar surface area (TPSA) is 82.0 Å². The molecule has 0 amide bonds. The van der Waals surface area contributed by atoms with Gasteiger partial charge in [0.2, 0.25) is 0 Å². The van der Waals surface area contributed by atoms with Crippen molar-refractivity contribution in [2.24, 2.45) is 0 Å². The van der Waals surface area contributed by atoms with Gasteiger partial charge in [0.25, 0.3) is 0 Å². The maximum atomic E-state index is 9.56. The van der Waals surface area contributed by atoms with Crippen LogP contribution in [0.5, 0.6) is 11.5 Å². The van der Waals surface area contributed by atoms with Crippen LogP contribution in [-0.4, -0.2) is 41.2 Å². The molecule has 0 fully saturated rings. The van der Waals surface area contributed by atoms with E-state index in [4.69, 9.17) is 9.84 Å². The molecule has 0 spiro atoms. The van der Waals surface area contributed by atoms with E-state index in [1.54, 1.807) is 19.1 Å². The highest BCUT2D eigenvalue weighted by atomic mass is 16.5. The predicted octanol–water partition coefficient (Wildman–Crippen LogP) is 0.234. The summed E-state index contributed by atoms with van der Waals surface area (Å²) in [5, 5.41) is 31.0. The van der Waals surface area contributed by atoms with Gasteiger partial charge >= 0.3 is 0 Å². The normalized spacial score (nSPS) is 14.4. The highest BCUT2D eigenvalue weighted by Crippen LogP contribution is 2.26. The molecule has 0 heterocycles. The molecule has 0 bridgehead atoms. The van der Waals surface area contributed by atoms with Crippen LogP contribution in [0.3, 0.4) is 0 Å². The van der Waals surface area contributed by atoms with Crippen LogP contribution in [-0.2, 0) is 6.54 Å². The van der Waals surface area contributed by atoms with Crippen molar-refractivity contribution in [3.63, 3.8) is 0 Å². The molecule has 1 aromatic rings. The zero-order valence-electron chi connectivity index (χ0n) is 10.1. The van der Waals surface area contributed by atoms with Gasteiger partial charge in [-0.05, 0) is 24.6 Å². The van der Waals surface area contributed by atoms with Gasteiger partial charge in [0.1, 0.15) is 0 Å². The Labute approximate surface area is 101 Å². The van der Waals surface area contributed by atoms with Crippen LogP contribution in [0.4, 0.5) is 0 Å². The monoisotopic (exact) mass is 241 g/mol. The van der Waals surface area contributed by atoms with E-state index in [-0.39, 0.29) is 18.9 Å². The largest absolute Gasteiger partial charge is 0.504 e. The number of phenolic OH excluding ortho intramolecular Hbond substituents is 1. The zero-order chi connectivity index (χ0) is 12.9. The quantitative estimate of drug-likeness (QED) is 0.573. The summed E-state index contributed by atoms with van der Waals surface area (Å²) in [6, 6.07) is 5.09. The van der Waals surface area contributed by atoms with Gasteiger partial charge < -0.3 is 25.4 Å². The van der Waals surface area contributed by atoms with E-state index in [2.05, 4.69) is 5.32 Å². The number of hydrogen-bond acceptors (Lipinski definition) is 5. The second-order valence-corrected chi connectivity index (χ2v) is 4.26. The number of methoxy groups -OCH3 is 1. The van der Waals surface area contributed by atoms with E-state index < -0.39 is 5.60 Å². The fourth-order valence-corrected chi connectivity index (χ4v) is 1.38. The van der Waals surface area contributed by atoms with Gasteiger partial charge in [-0.25, -0.2) is 0 Å². The molecule has 0 aromatic heterocycles. The molecule has 0 saturated heterocycles. The highest BCUT2D eigenvalue weighted by Gasteiger charge is 2.17. The summed E-state index contributed by atoms with van der Waals surface area (Å²) in [5.41, 5.74) is -0.258. The van der Waals surface area contributed by atoms with Gasteiger partial charge in [-0.1, -0.05) is 6.07 Å². The standard InChI is InChI=1S/C12H19NO4/c1-12(16,8-14)7-13-6-9-3-4-11(17-2)10(15)5-9/h3-5,13-16H,6-8H2,1-2H3. The van der Waals surface area contributed by atoms with Crippen LogP contribution >= 0.6 is 0 Å². The molecule has 1 rings (SSSR count).